The lowest BCUT2D eigenvalue weighted by molar-refractivity contribution is -0.116. The summed E-state index contributed by atoms with van der Waals surface area (Å²) in [5.74, 6) is -0.195. The molecule has 0 heterocycles. The lowest BCUT2D eigenvalue weighted by Crippen LogP contribution is -2.43. The highest BCUT2D eigenvalue weighted by molar-refractivity contribution is 5.92. The Labute approximate surface area is 97.3 Å². The molecule has 1 amide bonds. The maximum absolute atomic E-state index is 11.8. The number of hydrogen-bond donors (Lipinski definition) is 0. The number of ether oxygens (including phenoxy) is 1. The third-order valence-corrected chi connectivity index (χ3v) is 1.81. The van der Waals surface area contributed by atoms with Gasteiger partial charge in [0, 0.05) is 6.04 Å². The first-order valence-corrected chi connectivity index (χ1v) is 5.32. The zero-order valence-electron chi connectivity index (χ0n) is 10.7. The van der Waals surface area contributed by atoms with Crippen molar-refractivity contribution in [2.24, 2.45) is 0 Å². The zero-order valence-corrected chi connectivity index (χ0v) is 10.7. The molecular formula is C12H21NO3. The Morgan fingerprint density at radius 3 is 2.19 bits per heavy atom. The van der Waals surface area contributed by atoms with E-state index in [0.29, 0.717) is 0 Å². The Hall–Kier alpha value is -1.32. The third-order valence-electron chi connectivity index (χ3n) is 1.81. The highest BCUT2D eigenvalue weighted by atomic mass is 16.6. The summed E-state index contributed by atoms with van der Waals surface area (Å²) >= 11 is 0. The summed E-state index contributed by atoms with van der Waals surface area (Å²) < 4.78 is 5.21. The van der Waals surface area contributed by atoms with E-state index in [1.807, 2.05) is 13.8 Å². The van der Waals surface area contributed by atoms with E-state index in [0.717, 1.165) is 0 Å². The van der Waals surface area contributed by atoms with Gasteiger partial charge in [-0.15, -0.1) is 0 Å². The summed E-state index contributed by atoms with van der Waals surface area (Å²) in [6.45, 7) is 12.4. The first-order chi connectivity index (χ1) is 7.17. The largest absolute Gasteiger partial charge is 0.444 e. The van der Waals surface area contributed by atoms with Crippen molar-refractivity contribution in [3.63, 3.8) is 0 Å². The molecule has 0 spiro atoms. The molecule has 0 aromatic carbocycles. The van der Waals surface area contributed by atoms with Gasteiger partial charge in [0.2, 0.25) is 0 Å². The van der Waals surface area contributed by atoms with Gasteiger partial charge in [0.15, 0.2) is 5.78 Å². The van der Waals surface area contributed by atoms with Crippen LogP contribution in [-0.2, 0) is 9.53 Å². The van der Waals surface area contributed by atoms with Gasteiger partial charge in [-0.3, -0.25) is 9.69 Å². The van der Waals surface area contributed by atoms with Crippen LogP contribution in [0.3, 0.4) is 0 Å². The molecule has 4 nitrogen and oxygen atoms in total. The second kappa shape index (κ2) is 5.68. The first-order valence-electron chi connectivity index (χ1n) is 5.32. The van der Waals surface area contributed by atoms with Crippen molar-refractivity contribution in [3.8, 4) is 0 Å². The van der Waals surface area contributed by atoms with Crippen LogP contribution in [-0.4, -0.2) is 35.0 Å². The fraction of sp³-hybridized carbons (Fsp3) is 0.667. The minimum atomic E-state index is -0.554. The van der Waals surface area contributed by atoms with Crippen LogP contribution in [0.2, 0.25) is 0 Å². The van der Waals surface area contributed by atoms with Crippen molar-refractivity contribution in [1.29, 1.82) is 0 Å². The lowest BCUT2D eigenvalue weighted by atomic mass is 10.2. The Bertz CT molecular complexity index is 276. The summed E-state index contributed by atoms with van der Waals surface area (Å²) in [6, 6.07) is -0.0845. The van der Waals surface area contributed by atoms with Gasteiger partial charge >= 0.3 is 6.09 Å². The molecule has 0 radical (unpaired) electrons. The quantitative estimate of drug-likeness (QED) is 0.693. The molecule has 0 aliphatic heterocycles. The average molecular weight is 227 g/mol. The van der Waals surface area contributed by atoms with E-state index in [1.54, 1.807) is 20.8 Å². The Morgan fingerprint density at radius 2 is 1.88 bits per heavy atom. The Balaban J connectivity index is 4.60. The summed E-state index contributed by atoms with van der Waals surface area (Å²) in [5.41, 5.74) is -0.554. The number of hydrogen-bond acceptors (Lipinski definition) is 3. The SMILES string of the molecule is C=CC(=O)CN(C(=O)OC(C)(C)C)C(C)C. The first kappa shape index (κ1) is 14.7. The summed E-state index contributed by atoms with van der Waals surface area (Å²) in [4.78, 5) is 24.4. The maximum Gasteiger partial charge on any atom is 0.410 e. The van der Waals surface area contributed by atoms with Crippen LogP contribution in [0, 0.1) is 0 Å². The molecule has 16 heavy (non-hydrogen) atoms. The van der Waals surface area contributed by atoms with Gasteiger partial charge in [-0.2, -0.15) is 0 Å². The molecule has 0 bridgehead atoms. The van der Waals surface area contributed by atoms with Crippen molar-refractivity contribution in [2.75, 3.05) is 6.54 Å². The van der Waals surface area contributed by atoms with E-state index in [4.69, 9.17) is 4.74 Å². The predicted octanol–water partition coefficient (Wildman–Crippen LogP) is 2.39. The minimum absolute atomic E-state index is 0.0100. The molecular weight excluding hydrogens is 206 g/mol. The normalized spacial score (nSPS) is 11.1. The standard InChI is InChI=1S/C12H21NO3/c1-7-10(14)8-13(9(2)3)11(15)16-12(4,5)6/h7,9H,1,8H2,2-6H3. The molecule has 92 valence electrons. The van der Waals surface area contributed by atoms with Crippen LogP contribution in [0.5, 0.6) is 0 Å². The maximum atomic E-state index is 11.8. The summed E-state index contributed by atoms with van der Waals surface area (Å²) in [6.07, 6.45) is 0.734. The number of carbonyl (C=O) groups excluding carboxylic acids is 2. The number of ketones is 1. The Kier molecular flexibility index (Phi) is 5.21. The third kappa shape index (κ3) is 5.53. The second-order valence-corrected chi connectivity index (χ2v) is 4.87. The van der Waals surface area contributed by atoms with Gasteiger partial charge < -0.3 is 4.74 Å². The molecule has 0 saturated carbocycles. The highest BCUT2D eigenvalue weighted by Crippen LogP contribution is 2.11. The molecule has 0 aliphatic carbocycles. The fourth-order valence-corrected chi connectivity index (χ4v) is 1.01. The van der Waals surface area contributed by atoms with E-state index in [2.05, 4.69) is 6.58 Å². The monoisotopic (exact) mass is 227 g/mol. The van der Waals surface area contributed by atoms with E-state index in [1.165, 1.54) is 11.0 Å². The molecule has 0 rings (SSSR count). The van der Waals surface area contributed by atoms with Crippen LogP contribution in [0.25, 0.3) is 0 Å². The van der Waals surface area contributed by atoms with E-state index >= 15 is 0 Å². The van der Waals surface area contributed by atoms with Crippen LogP contribution >= 0.6 is 0 Å². The molecule has 4 heteroatoms. The Morgan fingerprint density at radius 1 is 1.38 bits per heavy atom. The van der Waals surface area contributed by atoms with E-state index < -0.39 is 11.7 Å². The predicted molar refractivity (Wildman–Crippen MR) is 63.3 cm³/mol. The van der Waals surface area contributed by atoms with Crippen LogP contribution in [0.15, 0.2) is 12.7 Å². The molecule has 0 aromatic heterocycles. The van der Waals surface area contributed by atoms with Crippen molar-refractivity contribution >= 4 is 11.9 Å². The molecule has 0 aromatic rings. The van der Waals surface area contributed by atoms with Gasteiger partial charge in [-0.05, 0) is 40.7 Å². The number of rotatable bonds is 4. The smallest absolute Gasteiger partial charge is 0.410 e. The number of amides is 1. The van der Waals surface area contributed by atoms with E-state index in [-0.39, 0.29) is 18.4 Å². The fourth-order valence-electron chi connectivity index (χ4n) is 1.01. The molecule has 0 atom stereocenters. The molecule has 0 saturated heterocycles. The molecule has 0 fully saturated rings. The summed E-state index contributed by atoms with van der Waals surface area (Å²) in [7, 11) is 0. The van der Waals surface area contributed by atoms with Crippen LogP contribution in [0.4, 0.5) is 4.79 Å². The van der Waals surface area contributed by atoms with Crippen molar-refractivity contribution in [1.82, 2.24) is 4.90 Å². The molecule has 0 unspecified atom stereocenters. The van der Waals surface area contributed by atoms with Gasteiger partial charge in [0.1, 0.15) is 5.60 Å². The average Bonchev–Trinajstić information content (AvgIpc) is 2.09. The van der Waals surface area contributed by atoms with Crippen molar-refractivity contribution < 1.29 is 14.3 Å². The van der Waals surface area contributed by atoms with Gasteiger partial charge in [0.25, 0.3) is 0 Å². The van der Waals surface area contributed by atoms with Crippen LogP contribution in [0.1, 0.15) is 34.6 Å². The topological polar surface area (TPSA) is 46.6 Å². The van der Waals surface area contributed by atoms with Gasteiger partial charge in [-0.25, -0.2) is 4.79 Å². The highest BCUT2D eigenvalue weighted by Gasteiger charge is 2.25. The number of nitrogens with zero attached hydrogens (tertiary/aromatic N) is 1. The van der Waals surface area contributed by atoms with Gasteiger partial charge in [-0.1, -0.05) is 6.58 Å². The lowest BCUT2D eigenvalue weighted by Gasteiger charge is -2.29. The second-order valence-electron chi connectivity index (χ2n) is 4.87. The van der Waals surface area contributed by atoms with Crippen molar-refractivity contribution in [2.45, 2.75) is 46.3 Å². The van der Waals surface area contributed by atoms with E-state index in [9.17, 15) is 9.59 Å². The number of carbonyl (C=O) groups is 2. The van der Waals surface area contributed by atoms with Crippen LogP contribution < -0.4 is 0 Å². The zero-order chi connectivity index (χ0) is 12.9. The molecule has 0 aliphatic rings. The molecule has 0 N–H and O–H groups in total. The van der Waals surface area contributed by atoms with Crippen molar-refractivity contribution in [3.05, 3.63) is 12.7 Å². The summed E-state index contributed by atoms with van der Waals surface area (Å²) in [5, 5.41) is 0. The minimum Gasteiger partial charge on any atom is -0.444 e. The van der Waals surface area contributed by atoms with Gasteiger partial charge in [0.05, 0.1) is 6.54 Å².